The van der Waals surface area contributed by atoms with E-state index in [4.69, 9.17) is 12.2 Å². The van der Waals surface area contributed by atoms with E-state index < -0.39 is 0 Å². The zero-order valence-corrected chi connectivity index (χ0v) is 16.5. The lowest BCUT2D eigenvalue weighted by atomic mass is 9.94. The van der Waals surface area contributed by atoms with Crippen LogP contribution in [-0.2, 0) is 11.2 Å². The molecule has 1 saturated heterocycles. The highest BCUT2D eigenvalue weighted by molar-refractivity contribution is 8.26. The highest BCUT2D eigenvalue weighted by Crippen LogP contribution is 2.36. The van der Waals surface area contributed by atoms with Crippen molar-refractivity contribution in [2.24, 2.45) is 0 Å². The summed E-state index contributed by atoms with van der Waals surface area (Å²) in [6.07, 6.45) is 14.2. The molecule has 4 rings (SSSR count). The number of carbonyl (C=O) groups excluding carboxylic acids is 1. The van der Waals surface area contributed by atoms with Gasteiger partial charge in [-0.25, -0.2) is 0 Å². The summed E-state index contributed by atoms with van der Waals surface area (Å²) in [4.78, 5) is 17.7. The van der Waals surface area contributed by atoms with Gasteiger partial charge < -0.3 is 4.90 Å². The molecule has 2 heterocycles. The van der Waals surface area contributed by atoms with Gasteiger partial charge >= 0.3 is 0 Å². The number of thioether (sulfide) groups is 1. The van der Waals surface area contributed by atoms with Crippen molar-refractivity contribution in [2.75, 3.05) is 11.4 Å². The molecular weight excluding hydrogens is 360 g/mol. The summed E-state index contributed by atoms with van der Waals surface area (Å²) in [7, 11) is 0. The SMILES string of the molecule is O=C1/C(=C/C=C/N2CCCc3ccccc32)SC(=S)N1C1CCCCC1. The van der Waals surface area contributed by atoms with Gasteiger partial charge in [0.25, 0.3) is 5.91 Å². The van der Waals surface area contributed by atoms with Crippen LogP contribution in [-0.4, -0.2) is 27.7 Å². The minimum Gasteiger partial charge on any atom is -0.348 e. The summed E-state index contributed by atoms with van der Waals surface area (Å²) in [6, 6.07) is 8.86. The zero-order valence-electron chi connectivity index (χ0n) is 14.9. The van der Waals surface area contributed by atoms with Gasteiger partial charge in [0.2, 0.25) is 0 Å². The molecule has 0 atom stereocenters. The average molecular weight is 385 g/mol. The number of carbonyl (C=O) groups is 1. The van der Waals surface area contributed by atoms with E-state index in [-0.39, 0.29) is 5.91 Å². The van der Waals surface area contributed by atoms with E-state index in [1.807, 2.05) is 17.1 Å². The van der Waals surface area contributed by atoms with Crippen molar-refractivity contribution in [2.45, 2.75) is 51.0 Å². The number of hydrogen-bond acceptors (Lipinski definition) is 4. The van der Waals surface area contributed by atoms with Crippen molar-refractivity contribution in [3.05, 3.63) is 53.1 Å². The van der Waals surface area contributed by atoms with Gasteiger partial charge in [-0.15, -0.1) is 0 Å². The van der Waals surface area contributed by atoms with E-state index >= 15 is 0 Å². The molecule has 0 N–H and O–H groups in total. The van der Waals surface area contributed by atoms with Gasteiger partial charge in [-0.3, -0.25) is 9.69 Å². The van der Waals surface area contributed by atoms with Crippen molar-refractivity contribution in [3.63, 3.8) is 0 Å². The molecule has 0 radical (unpaired) electrons. The molecule has 0 spiro atoms. The first-order valence-electron chi connectivity index (χ1n) is 9.52. The topological polar surface area (TPSA) is 23.6 Å². The first-order chi connectivity index (χ1) is 12.7. The second-order valence-corrected chi connectivity index (χ2v) is 8.81. The number of nitrogens with zero attached hydrogens (tertiary/aromatic N) is 2. The van der Waals surface area contributed by atoms with Crippen LogP contribution in [0.3, 0.4) is 0 Å². The lowest BCUT2D eigenvalue weighted by molar-refractivity contribution is -0.124. The molecule has 3 aliphatic rings. The maximum absolute atomic E-state index is 12.8. The van der Waals surface area contributed by atoms with Crippen molar-refractivity contribution >= 4 is 39.9 Å². The Labute approximate surface area is 165 Å². The number of hydrogen-bond donors (Lipinski definition) is 0. The Morgan fingerprint density at radius 3 is 2.77 bits per heavy atom. The van der Waals surface area contributed by atoms with E-state index in [0.717, 1.165) is 41.5 Å². The zero-order chi connectivity index (χ0) is 17.9. The fourth-order valence-corrected chi connectivity index (χ4v) is 5.45. The third kappa shape index (κ3) is 3.60. The minimum absolute atomic E-state index is 0.0931. The molecule has 3 nitrogen and oxygen atoms in total. The summed E-state index contributed by atoms with van der Waals surface area (Å²) in [6.45, 7) is 1.02. The van der Waals surface area contributed by atoms with Gasteiger partial charge in [0.1, 0.15) is 4.32 Å². The fraction of sp³-hybridized carbons (Fsp3) is 0.429. The predicted molar refractivity (Wildman–Crippen MR) is 113 cm³/mol. The Morgan fingerprint density at radius 2 is 1.92 bits per heavy atom. The lowest BCUT2D eigenvalue weighted by Crippen LogP contribution is -2.39. The number of fused-ring (bicyclic) bond motifs is 1. The van der Waals surface area contributed by atoms with Crippen molar-refractivity contribution < 1.29 is 4.79 Å². The van der Waals surface area contributed by atoms with E-state index in [9.17, 15) is 4.79 Å². The van der Waals surface area contributed by atoms with Crippen molar-refractivity contribution in [1.29, 1.82) is 0 Å². The molecule has 1 aliphatic carbocycles. The number of anilines is 1. The van der Waals surface area contributed by atoms with E-state index in [0.29, 0.717) is 6.04 Å². The maximum Gasteiger partial charge on any atom is 0.266 e. The number of amides is 1. The normalized spacial score (nSPS) is 23.3. The standard InChI is InChI=1S/C21H24N2OS2/c24-20-19(26-21(25)23(20)17-10-2-1-3-11-17)13-7-15-22-14-6-9-16-8-4-5-12-18(16)22/h4-5,7-8,12-13,15,17H,1-3,6,9-11,14H2/b15-7+,19-13-. The van der Waals surface area contributed by atoms with Gasteiger partial charge in [0.15, 0.2) is 0 Å². The second-order valence-electron chi connectivity index (χ2n) is 7.13. The van der Waals surface area contributed by atoms with Crippen LogP contribution in [0, 0.1) is 0 Å². The monoisotopic (exact) mass is 384 g/mol. The third-order valence-corrected chi connectivity index (χ3v) is 6.77. The smallest absolute Gasteiger partial charge is 0.266 e. The largest absolute Gasteiger partial charge is 0.348 e. The Kier molecular flexibility index (Phi) is 5.46. The number of aryl methyl sites for hydroxylation is 1. The molecule has 1 aromatic carbocycles. The van der Waals surface area contributed by atoms with Crippen LogP contribution < -0.4 is 4.90 Å². The second kappa shape index (κ2) is 7.97. The number of para-hydroxylation sites is 1. The summed E-state index contributed by atoms with van der Waals surface area (Å²) >= 11 is 6.94. The summed E-state index contributed by atoms with van der Waals surface area (Å²) in [5.74, 6) is 0.0931. The van der Waals surface area contributed by atoms with Gasteiger partial charge in [-0.05, 0) is 49.5 Å². The molecule has 26 heavy (non-hydrogen) atoms. The molecule has 0 unspecified atom stereocenters. The van der Waals surface area contributed by atoms with Gasteiger partial charge in [-0.2, -0.15) is 0 Å². The van der Waals surface area contributed by atoms with Crippen LogP contribution in [0.1, 0.15) is 44.1 Å². The number of thiocarbonyl (C=S) groups is 1. The van der Waals surface area contributed by atoms with Crippen molar-refractivity contribution in [1.82, 2.24) is 4.90 Å². The van der Waals surface area contributed by atoms with Crippen LogP contribution in [0.25, 0.3) is 0 Å². The Bertz CT molecular complexity index is 765. The fourth-order valence-electron chi connectivity index (χ4n) is 4.10. The maximum atomic E-state index is 12.8. The first kappa shape index (κ1) is 17.8. The molecular formula is C21H24N2OS2. The molecule has 5 heteroatoms. The van der Waals surface area contributed by atoms with Crippen LogP contribution in [0.2, 0.25) is 0 Å². The van der Waals surface area contributed by atoms with Gasteiger partial charge in [0.05, 0.1) is 4.91 Å². The van der Waals surface area contributed by atoms with Crippen LogP contribution in [0.15, 0.2) is 47.5 Å². The van der Waals surface area contributed by atoms with Crippen LogP contribution in [0.4, 0.5) is 5.69 Å². The number of allylic oxidation sites excluding steroid dienone is 2. The van der Waals surface area contributed by atoms with Gasteiger partial charge in [0, 0.05) is 24.5 Å². The molecule has 1 amide bonds. The number of benzene rings is 1. The van der Waals surface area contributed by atoms with Gasteiger partial charge in [-0.1, -0.05) is 61.4 Å². The summed E-state index contributed by atoms with van der Waals surface area (Å²) in [5.41, 5.74) is 2.67. The minimum atomic E-state index is 0.0931. The quantitative estimate of drug-likeness (QED) is 0.539. The number of rotatable bonds is 3. The first-order valence-corrected chi connectivity index (χ1v) is 10.7. The average Bonchev–Trinajstić information content (AvgIpc) is 2.96. The van der Waals surface area contributed by atoms with Crippen molar-refractivity contribution in [3.8, 4) is 0 Å². The van der Waals surface area contributed by atoms with E-state index in [1.54, 1.807) is 0 Å². The third-order valence-electron chi connectivity index (χ3n) is 5.42. The summed E-state index contributed by atoms with van der Waals surface area (Å²) < 4.78 is 0.727. The highest BCUT2D eigenvalue weighted by Gasteiger charge is 2.37. The predicted octanol–water partition coefficient (Wildman–Crippen LogP) is 5.03. The molecule has 0 bridgehead atoms. The van der Waals surface area contributed by atoms with Crippen LogP contribution >= 0.6 is 24.0 Å². The molecule has 136 valence electrons. The highest BCUT2D eigenvalue weighted by atomic mass is 32.2. The molecule has 0 aromatic heterocycles. The Balaban J connectivity index is 1.47. The molecule has 1 saturated carbocycles. The molecule has 1 aromatic rings. The Morgan fingerprint density at radius 1 is 1.12 bits per heavy atom. The molecule has 2 fully saturated rings. The lowest BCUT2D eigenvalue weighted by Gasteiger charge is -2.29. The van der Waals surface area contributed by atoms with E-state index in [1.165, 1.54) is 42.3 Å². The Hall–Kier alpha value is -1.59. The van der Waals surface area contributed by atoms with Crippen LogP contribution in [0.5, 0.6) is 0 Å². The summed E-state index contributed by atoms with van der Waals surface area (Å²) in [5, 5.41) is 0. The molecule has 2 aliphatic heterocycles. The van der Waals surface area contributed by atoms with E-state index in [2.05, 4.69) is 35.4 Å².